The number of H-pyrrole nitrogens is 1. The van der Waals surface area contributed by atoms with Crippen LogP contribution in [0.4, 0.5) is 4.79 Å². The third kappa shape index (κ3) is 4.71. The van der Waals surface area contributed by atoms with Crippen LogP contribution in [-0.4, -0.2) is 45.1 Å². The Morgan fingerprint density at radius 1 is 1.12 bits per heavy atom. The van der Waals surface area contributed by atoms with E-state index in [2.05, 4.69) is 26.2 Å². The van der Waals surface area contributed by atoms with Crippen LogP contribution in [0.2, 0.25) is 0 Å². The van der Waals surface area contributed by atoms with E-state index in [1.165, 1.54) is 4.90 Å². The van der Waals surface area contributed by atoms with Gasteiger partial charge in [0.15, 0.2) is 0 Å². The summed E-state index contributed by atoms with van der Waals surface area (Å²) in [5, 5.41) is 11.7. The Kier molecular flexibility index (Phi) is 7.04. The van der Waals surface area contributed by atoms with Crippen LogP contribution in [0.25, 0.3) is 11.3 Å². The first-order valence-corrected chi connectivity index (χ1v) is 11.9. The van der Waals surface area contributed by atoms with E-state index in [0.717, 1.165) is 21.4 Å². The molecule has 0 spiro atoms. The summed E-state index contributed by atoms with van der Waals surface area (Å²) in [5.41, 5.74) is 3.28. The molecule has 1 fully saturated rings. The average molecular weight is 527 g/mol. The number of aliphatic hydroxyl groups excluding tert-OH is 1. The van der Waals surface area contributed by atoms with E-state index in [0.29, 0.717) is 17.1 Å². The zero-order chi connectivity index (χ0) is 24.4. The van der Waals surface area contributed by atoms with E-state index in [-0.39, 0.29) is 25.0 Å². The van der Waals surface area contributed by atoms with E-state index >= 15 is 0 Å². The van der Waals surface area contributed by atoms with E-state index in [1.807, 2.05) is 45.0 Å². The summed E-state index contributed by atoms with van der Waals surface area (Å²) in [6, 6.07) is 13.0. The number of aliphatic hydroxyl groups is 1. The Bertz CT molecular complexity index is 1170. The summed E-state index contributed by atoms with van der Waals surface area (Å²) in [6.45, 7) is 5.93. The largest absolute Gasteiger partial charge is 0.491 e. The highest BCUT2D eigenvalue weighted by Crippen LogP contribution is 2.35. The van der Waals surface area contributed by atoms with E-state index in [4.69, 9.17) is 14.8 Å². The topological polar surface area (TPSA) is 108 Å². The Labute approximate surface area is 206 Å². The average Bonchev–Trinajstić information content (AvgIpc) is 3.33. The van der Waals surface area contributed by atoms with E-state index in [1.54, 1.807) is 24.3 Å². The number of benzene rings is 2. The predicted molar refractivity (Wildman–Crippen MR) is 131 cm³/mol. The third-order valence-corrected chi connectivity index (χ3v) is 6.30. The number of hydrogen-bond donors (Lipinski definition) is 3. The van der Waals surface area contributed by atoms with Gasteiger partial charge in [0.2, 0.25) is 0 Å². The van der Waals surface area contributed by atoms with Crippen LogP contribution >= 0.6 is 15.9 Å². The molecule has 178 valence electrons. The lowest BCUT2D eigenvalue weighted by Crippen LogP contribution is -2.38. The maximum atomic E-state index is 13.4. The van der Waals surface area contributed by atoms with Gasteiger partial charge in [-0.25, -0.2) is 9.78 Å². The number of halogens is 1. The minimum absolute atomic E-state index is 0.0639. The maximum absolute atomic E-state index is 13.4. The van der Waals surface area contributed by atoms with Gasteiger partial charge in [-0.15, -0.1) is 0 Å². The van der Waals surface area contributed by atoms with Gasteiger partial charge in [-0.3, -0.25) is 9.69 Å². The molecule has 2 atom stereocenters. The molecule has 1 aliphatic rings. The minimum Gasteiger partial charge on any atom is -0.491 e. The summed E-state index contributed by atoms with van der Waals surface area (Å²) in [4.78, 5) is 35.8. The standard InChI is InChI=1S/C25H27BrN4O4/c1-14(2)22(23-27-15(3)20(28-23)16-4-8-18(26)9-5-16)30-24(32)21(29-25(30)33)17-6-10-19(11-7-17)34-13-12-31/h4-11,14,21-22,31H,12-13H2,1-3H3,(H,27,28)(H,29,33)/t21?,22-/m0/s1. The monoisotopic (exact) mass is 526 g/mol. The molecule has 1 aromatic heterocycles. The normalized spacial score (nSPS) is 16.8. The molecule has 2 aromatic carbocycles. The molecule has 0 radical (unpaired) electrons. The zero-order valence-corrected chi connectivity index (χ0v) is 20.8. The first kappa shape index (κ1) is 24.0. The number of hydrogen-bond acceptors (Lipinski definition) is 5. The molecule has 1 unspecified atom stereocenters. The Hall–Kier alpha value is -3.17. The number of nitrogens with zero attached hydrogens (tertiary/aromatic N) is 2. The second kappa shape index (κ2) is 9.99. The van der Waals surface area contributed by atoms with Crippen molar-refractivity contribution in [1.29, 1.82) is 0 Å². The first-order valence-electron chi connectivity index (χ1n) is 11.1. The number of amides is 3. The van der Waals surface area contributed by atoms with Crippen molar-refractivity contribution < 1.29 is 19.4 Å². The van der Waals surface area contributed by atoms with Crippen LogP contribution in [0, 0.1) is 12.8 Å². The molecule has 2 heterocycles. The van der Waals surface area contributed by atoms with Crippen molar-refractivity contribution in [2.75, 3.05) is 13.2 Å². The number of imide groups is 1. The first-order chi connectivity index (χ1) is 16.3. The lowest BCUT2D eigenvalue weighted by atomic mass is 10.0. The van der Waals surface area contributed by atoms with Crippen molar-refractivity contribution in [2.24, 2.45) is 5.92 Å². The van der Waals surface area contributed by atoms with Crippen molar-refractivity contribution >= 4 is 27.9 Å². The SMILES string of the molecule is Cc1nc([C@H](C(C)C)N2C(=O)NC(c3ccc(OCCO)cc3)C2=O)[nH]c1-c1ccc(Br)cc1. The van der Waals surface area contributed by atoms with Crippen molar-refractivity contribution in [3.05, 3.63) is 70.1 Å². The number of aromatic amines is 1. The predicted octanol–water partition coefficient (Wildman–Crippen LogP) is 4.51. The van der Waals surface area contributed by atoms with Crippen molar-refractivity contribution in [3.8, 4) is 17.0 Å². The number of nitrogens with one attached hydrogen (secondary N) is 2. The number of carbonyl (C=O) groups is 2. The fourth-order valence-electron chi connectivity index (χ4n) is 4.16. The quantitative estimate of drug-likeness (QED) is 0.374. The van der Waals surface area contributed by atoms with Crippen LogP contribution in [0.15, 0.2) is 53.0 Å². The van der Waals surface area contributed by atoms with Gasteiger partial charge in [0.25, 0.3) is 5.91 Å². The molecule has 0 aliphatic carbocycles. The number of aryl methyl sites for hydroxylation is 1. The highest BCUT2D eigenvalue weighted by Gasteiger charge is 2.45. The summed E-state index contributed by atoms with van der Waals surface area (Å²) < 4.78 is 6.36. The molecular formula is C25H27BrN4O4. The van der Waals surface area contributed by atoms with Crippen molar-refractivity contribution in [3.63, 3.8) is 0 Å². The molecule has 3 amide bonds. The molecule has 9 heteroatoms. The van der Waals surface area contributed by atoms with Gasteiger partial charge in [-0.2, -0.15) is 0 Å². The molecule has 1 aliphatic heterocycles. The van der Waals surface area contributed by atoms with E-state index < -0.39 is 18.1 Å². The Morgan fingerprint density at radius 2 is 1.79 bits per heavy atom. The highest BCUT2D eigenvalue weighted by atomic mass is 79.9. The minimum atomic E-state index is -0.789. The molecule has 0 saturated carbocycles. The summed E-state index contributed by atoms with van der Waals surface area (Å²) in [6.07, 6.45) is 0. The van der Waals surface area contributed by atoms with Gasteiger partial charge in [0, 0.05) is 4.47 Å². The Morgan fingerprint density at radius 3 is 2.41 bits per heavy atom. The molecule has 3 aromatic rings. The smallest absolute Gasteiger partial charge is 0.325 e. The van der Waals surface area contributed by atoms with Crippen LogP contribution in [0.5, 0.6) is 5.75 Å². The van der Waals surface area contributed by atoms with Gasteiger partial charge in [-0.05, 0) is 48.2 Å². The van der Waals surface area contributed by atoms with Gasteiger partial charge >= 0.3 is 6.03 Å². The fourth-order valence-corrected chi connectivity index (χ4v) is 4.42. The summed E-state index contributed by atoms with van der Waals surface area (Å²) in [7, 11) is 0. The van der Waals surface area contributed by atoms with Gasteiger partial charge in [0.1, 0.15) is 30.3 Å². The fraction of sp³-hybridized carbons (Fsp3) is 0.320. The second-order valence-corrected chi connectivity index (χ2v) is 9.43. The highest BCUT2D eigenvalue weighted by molar-refractivity contribution is 9.10. The second-order valence-electron chi connectivity index (χ2n) is 8.51. The molecule has 3 N–H and O–H groups in total. The lowest BCUT2D eigenvalue weighted by Gasteiger charge is -2.27. The summed E-state index contributed by atoms with van der Waals surface area (Å²) >= 11 is 3.45. The molecular weight excluding hydrogens is 500 g/mol. The van der Waals surface area contributed by atoms with E-state index in [9.17, 15) is 9.59 Å². The summed E-state index contributed by atoms with van der Waals surface area (Å²) in [5.74, 6) is 0.762. The number of carbonyl (C=O) groups excluding carboxylic acids is 2. The molecule has 1 saturated heterocycles. The maximum Gasteiger partial charge on any atom is 0.325 e. The van der Waals surface area contributed by atoms with Gasteiger partial charge in [0.05, 0.1) is 18.0 Å². The van der Waals surface area contributed by atoms with Gasteiger partial charge in [-0.1, -0.05) is 54.0 Å². The number of imidazole rings is 1. The number of ether oxygens (including phenoxy) is 1. The molecule has 0 bridgehead atoms. The Balaban J connectivity index is 1.61. The number of rotatable bonds is 8. The van der Waals surface area contributed by atoms with Crippen molar-refractivity contribution in [2.45, 2.75) is 32.9 Å². The molecule has 4 rings (SSSR count). The lowest BCUT2D eigenvalue weighted by molar-refractivity contribution is -0.130. The molecule has 34 heavy (non-hydrogen) atoms. The van der Waals surface area contributed by atoms with Crippen LogP contribution in [0.1, 0.15) is 43.0 Å². The number of aromatic nitrogens is 2. The van der Waals surface area contributed by atoms with Gasteiger partial charge < -0.3 is 20.1 Å². The molecule has 8 nitrogen and oxygen atoms in total. The zero-order valence-electron chi connectivity index (χ0n) is 19.2. The van der Waals surface area contributed by atoms with Crippen LogP contribution in [0.3, 0.4) is 0 Å². The van der Waals surface area contributed by atoms with Crippen LogP contribution in [-0.2, 0) is 4.79 Å². The van der Waals surface area contributed by atoms with Crippen molar-refractivity contribution in [1.82, 2.24) is 20.2 Å². The van der Waals surface area contributed by atoms with Crippen LogP contribution < -0.4 is 10.1 Å². The third-order valence-electron chi connectivity index (χ3n) is 5.77. The number of urea groups is 1.